The second kappa shape index (κ2) is 10.5. The first-order chi connectivity index (χ1) is 4.56. The lowest BCUT2D eigenvalue weighted by atomic mass is 11.0. The number of rotatable bonds is 1. The summed E-state index contributed by atoms with van der Waals surface area (Å²) in [6.45, 7) is 0. The van der Waals surface area contributed by atoms with Gasteiger partial charge in [0.25, 0.3) is 0 Å². The molecule has 0 aromatic rings. The summed E-state index contributed by atoms with van der Waals surface area (Å²) in [7, 11) is 0. The highest BCUT2D eigenvalue weighted by Crippen LogP contribution is 2.20. The highest BCUT2D eigenvalue weighted by atomic mass is 35.5. The van der Waals surface area contributed by atoms with Gasteiger partial charge in [-0.2, -0.15) is 0 Å². The van der Waals surface area contributed by atoms with E-state index in [2.05, 4.69) is 0 Å². The van der Waals surface area contributed by atoms with Gasteiger partial charge in [-0.05, 0) is 0 Å². The van der Waals surface area contributed by atoms with Crippen molar-refractivity contribution in [1.82, 2.24) is 0 Å². The van der Waals surface area contributed by atoms with Gasteiger partial charge in [0.15, 0.2) is 0 Å². The first kappa shape index (κ1) is 14.0. The molecule has 0 atom stereocenters. The third-order valence-corrected chi connectivity index (χ3v) is 1.93. The lowest BCUT2D eigenvalue weighted by molar-refractivity contribution is 1.52. The summed E-state index contributed by atoms with van der Waals surface area (Å²) in [4.78, 5) is 0. The van der Waals surface area contributed by atoms with Crippen LogP contribution in [0.2, 0.25) is 0 Å². The third-order valence-electron chi connectivity index (χ3n) is 0.214. The van der Waals surface area contributed by atoms with Gasteiger partial charge in [0.05, 0.1) is 0 Å². The molecule has 0 aromatic carbocycles. The summed E-state index contributed by atoms with van der Waals surface area (Å²) >= 11 is 30.1. The van der Waals surface area contributed by atoms with Crippen molar-refractivity contribution < 1.29 is 0 Å². The lowest BCUT2D eigenvalue weighted by Gasteiger charge is -1.75. The Labute approximate surface area is 90.0 Å². The van der Waals surface area contributed by atoms with Crippen molar-refractivity contribution in [3.8, 4) is 0 Å². The molecule has 0 fully saturated rings. The summed E-state index contributed by atoms with van der Waals surface area (Å²) in [5.74, 6) is 1.11. The van der Waals surface area contributed by atoms with Crippen molar-refractivity contribution >= 4 is 69.6 Å². The molecule has 0 radical (unpaired) electrons. The third kappa shape index (κ3) is 16.2. The van der Waals surface area contributed by atoms with Crippen LogP contribution in [0.25, 0.3) is 0 Å². The van der Waals surface area contributed by atoms with Crippen molar-refractivity contribution in [3.63, 3.8) is 0 Å². The van der Waals surface area contributed by atoms with Gasteiger partial charge in [-0.1, -0.05) is 46.4 Å². The van der Waals surface area contributed by atoms with Crippen LogP contribution in [-0.4, -0.2) is 11.8 Å². The predicted octanol–water partition coefficient (Wildman–Crippen LogP) is 4.53. The van der Waals surface area contributed by atoms with Crippen LogP contribution < -0.4 is 0 Å². The van der Waals surface area contributed by atoms with E-state index in [-0.39, 0.29) is 8.98 Å². The van der Waals surface area contributed by atoms with E-state index in [0.717, 1.165) is 0 Å². The molecule has 0 unspecified atom stereocenters. The largest absolute Gasteiger partial charge is 0.136 e. The molecule has 0 heterocycles. The minimum absolute atomic E-state index is 0.0988. The average molecular weight is 265 g/mol. The molecule has 0 nitrogen and oxygen atoms in total. The Kier molecular flexibility index (Phi) is 14.7. The van der Waals surface area contributed by atoms with Gasteiger partial charge in [0.2, 0.25) is 0 Å². The van der Waals surface area contributed by atoms with Crippen LogP contribution in [0.15, 0.2) is 8.98 Å². The second-order valence-corrected chi connectivity index (χ2v) is 3.55. The van der Waals surface area contributed by atoms with Crippen molar-refractivity contribution in [2.75, 3.05) is 11.8 Å². The van der Waals surface area contributed by atoms with Crippen LogP contribution in [0.3, 0.4) is 0 Å². The first-order valence-electron chi connectivity index (χ1n) is 2.04. The second-order valence-electron chi connectivity index (χ2n) is 0.899. The molecule has 0 N–H and O–H groups in total. The Morgan fingerprint density at radius 3 is 0.900 bits per heavy atom. The molecule has 0 aromatic heterocycles. The van der Waals surface area contributed by atoms with E-state index in [1.54, 1.807) is 0 Å². The van der Waals surface area contributed by atoms with Crippen LogP contribution >= 0.6 is 69.6 Å². The zero-order valence-electron chi connectivity index (χ0n) is 4.68. The summed E-state index contributed by atoms with van der Waals surface area (Å²) in [5, 5.41) is 0. The van der Waals surface area contributed by atoms with Gasteiger partial charge in [0, 0.05) is 11.8 Å². The van der Waals surface area contributed by atoms with Crippen LogP contribution in [0.4, 0.5) is 0 Å². The number of hydrogen-bond donors (Lipinski definition) is 0. The fraction of sp³-hybridized carbons (Fsp3) is 0.500. The topological polar surface area (TPSA) is 0 Å². The number of hydrogen-bond acceptors (Lipinski definition) is 0. The zero-order chi connectivity index (χ0) is 8.57. The molecule has 0 aliphatic carbocycles. The fourth-order valence-electron chi connectivity index (χ4n) is 0. The molecule has 0 aliphatic heterocycles. The maximum Gasteiger partial charge on any atom is 0.136 e. The molecule has 62 valence electrons. The minimum Gasteiger partial charge on any atom is -0.125 e. The zero-order valence-corrected chi connectivity index (χ0v) is 9.22. The summed E-state index contributed by atoms with van der Waals surface area (Å²) in [5.41, 5.74) is 0. The fourth-order valence-corrected chi connectivity index (χ4v) is 0. The van der Waals surface area contributed by atoms with Gasteiger partial charge >= 0.3 is 0 Å². The highest BCUT2D eigenvalue weighted by Gasteiger charge is 1.88. The summed E-state index contributed by atoms with van der Waals surface area (Å²) in [6, 6.07) is 0. The molecule has 0 bridgehead atoms. The first-order valence-corrected chi connectivity index (χ1v) is 4.62. The Morgan fingerprint density at radius 1 is 0.700 bits per heavy atom. The summed E-state index contributed by atoms with van der Waals surface area (Å²) in [6.07, 6.45) is 0. The quantitative estimate of drug-likeness (QED) is 0.611. The van der Waals surface area contributed by atoms with Crippen LogP contribution in [0.5, 0.6) is 0 Å². The van der Waals surface area contributed by atoms with Crippen LogP contribution in [0.1, 0.15) is 0 Å². The van der Waals surface area contributed by atoms with Crippen LogP contribution in [-0.2, 0) is 0 Å². The van der Waals surface area contributed by atoms with E-state index >= 15 is 0 Å². The van der Waals surface area contributed by atoms with Gasteiger partial charge in [-0.25, -0.2) is 0 Å². The van der Waals surface area contributed by atoms with E-state index < -0.39 is 0 Å². The Morgan fingerprint density at radius 2 is 0.900 bits per heavy atom. The average Bonchev–Trinajstić information content (AvgIpc) is 1.89. The number of alkyl halides is 2. The Balaban J connectivity index is 0. The van der Waals surface area contributed by atoms with E-state index in [9.17, 15) is 0 Å². The van der Waals surface area contributed by atoms with Crippen molar-refractivity contribution in [2.45, 2.75) is 0 Å². The molecule has 0 aliphatic rings. The molecular weight excluding hydrogens is 261 g/mol. The van der Waals surface area contributed by atoms with E-state index in [1.165, 1.54) is 0 Å². The standard InChI is InChI=1S/C2Cl4.C2H4Cl2/c3-1(4)2(5)6;3-1-2-4/h;1-2H2. The Hall–Kier alpha value is 1.48. The molecule has 0 rings (SSSR count). The van der Waals surface area contributed by atoms with Crippen molar-refractivity contribution in [3.05, 3.63) is 8.98 Å². The minimum atomic E-state index is -0.0988. The highest BCUT2D eigenvalue weighted by molar-refractivity contribution is 6.67. The van der Waals surface area contributed by atoms with E-state index in [1.807, 2.05) is 0 Å². The van der Waals surface area contributed by atoms with Crippen molar-refractivity contribution in [1.29, 1.82) is 0 Å². The maximum absolute atomic E-state index is 5.05. The van der Waals surface area contributed by atoms with Gasteiger partial charge in [-0.15, -0.1) is 23.2 Å². The molecule has 0 saturated carbocycles. The smallest absolute Gasteiger partial charge is 0.125 e. The van der Waals surface area contributed by atoms with E-state index in [4.69, 9.17) is 69.6 Å². The normalized spacial score (nSPS) is 7.80. The molecule has 0 saturated heterocycles. The van der Waals surface area contributed by atoms with Gasteiger partial charge in [-0.3, -0.25) is 0 Å². The monoisotopic (exact) mass is 262 g/mol. The van der Waals surface area contributed by atoms with Gasteiger partial charge in [0.1, 0.15) is 8.98 Å². The lowest BCUT2D eigenvalue weighted by Crippen LogP contribution is -1.63. The number of halogens is 6. The molecule has 0 amide bonds. The van der Waals surface area contributed by atoms with Gasteiger partial charge < -0.3 is 0 Å². The molecule has 10 heavy (non-hydrogen) atoms. The summed E-state index contributed by atoms with van der Waals surface area (Å²) < 4.78 is -0.198. The molecule has 6 heteroatoms. The molecule has 0 spiro atoms. The predicted molar refractivity (Wildman–Crippen MR) is 51.9 cm³/mol. The Bertz CT molecular complexity index is 77.9. The SMILES string of the molecule is ClC(Cl)=C(Cl)Cl.ClCCCl. The van der Waals surface area contributed by atoms with Crippen LogP contribution in [0, 0.1) is 0 Å². The molecular formula is C4H4Cl6. The van der Waals surface area contributed by atoms with Crippen molar-refractivity contribution in [2.24, 2.45) is 0 Å². The maximum atomic E-state index is 5.05. The van der Waals surface area contributed by atoms with E-state index in [0.29, 0.717) is 11.8 Å².